The second-order valence-corrected chi connectivity index (χ2v) is 9.27. The van der Waals surface area contributed by atoms with Crippen molar-refractivity contribution in [3.05, 3.63) is 18.2 Å². The molecule has 0 aliphatic heterocycles. The Morgan fingerprint density at radius 3 is 2.58 bits per heavy atom. The predicted molar refractivity (Wildman–Crippen MR) is 106 cm³/mol. The summed E-state index contributed by atoms with van der Waals surface area (Å²) in [6.07, 6.45) is 2.05. The number of aryl methyl sites for hydroxylation is 1. The van der Waals surface area contributed by atoms with Gasteiger partial charge in [-0.1, -0.05) is 39.0 Å². The van der Waals surface area contributed by atoms with E-state index in [1.165, 1.54) is 16.1 Å². The molecule has 1 atom stereocenters. The van der Waals surface area contributed by atoms with Crippen molar-refractivity contribution in [2.24, 2.45) is 0 Å². The maximum absolute atomic E-state index is 12.8. The van der Waals surface area contributed by atoms with Gasteiger partial charge < -0.3 is 4.57 Å². The van der Waals surface area contributed by atoms with Gasteiger partial charge in [0.15, 0.2) is 5.16 Å². The van der Waals surface area contributed by atoms with Crippen LogP contribution in [0.4, 0.5) is 0 Å². The lowest BCUT2D eigenvalue weighted by atomic mass is 10.3. The predicted octanol–water partition coefficient (Wildman–Crippen LogP) is 3.87. The van der Waals surface area contributed by atoms with E-state index in [0.717, 1.165) is 30.1 Å². The summed E-state index contributed by atoms with van der Waals surface area (Å²) in [5.41, 5.74) is 1.56. The first kappa shape index (κ1) is 20.7. The minimum Gasteiger partial charge on any atom is -0.319 e. The quantitative estimate of drug-likeness (QED) is 0.603. The molecule has 1 aromatic heterocycles. The van der Waals surface area contributed by atoms with Gasteiger partial charge in [-0.2, -0.15) is 9.57 Å². The van der Waals surface area contributed by atoms with E-state index < -0.39 is 10.0 Å². The molecule has 0 radical (unpaired) electrons. The monoisotopic (exact) mass is 394 g/mol. The van der Waals surface area contributed by atoms with Crippen molar-refractivity contribution in [3.8, 4) is 6.07 Å². The molecular weight excluding hydrogens is 368 g/mol. The van der Waals surface area contributed by atoms with Crippen molar-refractivity contribution < 1.29 is 8.42 Å². The molecule has 2 rings (SSSR count). The van der Waals surface area contributed by atoms with Crippen LogP contribution in [-0.2, 0) is 16.6 Å². The third-order valence-corrected chi connectivity index (χ3v) is 7.25. The molecule has 0 saturated heterocycles. The number of hydrogen-bond acceptors (Lipinski definition) is 5. The van der Waals surface area contributed by atoms with Crippen LogP contribution in [0.5, 0.6) is 0 Å². The molecular formula is C18H26N4O2S2. The molecule has 142 valence electrons. The summed E-state index contributed by atoms with van der Waals surface area (Å²) in [6.45, 7) is 9.29. The molecule has 0 amide bonds. The van der Waals surface area contributed by atoms with Gasteiger partial charge in [0.2, 0.25) is 10.0 Å². The Morgan fingerprint density at radius 2 is 2.00 bits per heavy atom. The number of thioether (sulfide) groups is 1. The third-order valence-electron chi connectivity index (χ3n) is 4.23. The molecule has 0 aliphatic carbocycles. The Bertz CT molecular complexity index is 896. The summed E-state index contributed by atoms with van der Waals surface area (Å²) < 4.78 is 29.1. The minimum atomic E-state index is -3.52. The Kier molecular flexibility index (Phi) is 7.09. The van der Waals surface area contributed by atoms with Crippen LogP contribution in [0.15, 0.2) is 28.3 Å². The van der Waals surface area contributed by atoms with Crippen molar-refractivity contribution in [2.45, 2.75) is 62.4 Å². The zero-order valence-corrected chi connectivity index (χ0v) is 17.4. The largest absolute Gasteiger partial charge is 0.319 e. The third kappa shape index (κ3) is 4.22. The number of hydrogen-bond donors (Lipinski definition) is 0. The van der Waals surface area contributed by atoms with Gasteiger partial charge >= 0.3 is 0 Å². The lowest BCUT2D eigenvalue weighted by Gasteiger charge is -2.18. The normalized spacial score (nSPS) is 13.2. The lowest BCUT2D eigenvalue weighted by Crippen LogP contribution is -2.30. The summed E-state index contributed by atoms with van der Waals surface area (Å²) in [5, 5.41) is 9.66. The zero-order chi connectivity index (χ0) is 19.3. The van der Waals surface area contributed by atoms with E-state index in [4.69, 9.17) is 5.26 Å². The number of aromatic nitrogens is 2. The van der Waals surface area contributed by atoms with Gasteiger partial charge in [-0.3, -0.25) is 0 Å². The number of benzene rings is 1. The van der Waals surface area contributed by atoms with Crippen LogP contribution in [0, 0.1) is 11.3 Å². The highest BCUT2D eigenvalue weighted by Crippen LogP contribution is 2.29. The first-order chi connectivity index (χ1) is 12.4. The van der Waals surface area contributed by atoms with Crippen LogP contribution in [0.25, 0.3) is 11.0 Å². The van der Waals surface area contributed by atoms with E-state index in [2.05, 4.69) is 22.5 Å². The van der Waals surface area contributed by atoms with Gasteiger partial charge in [-0.15, -0.1) is 0 Å². The molecule has 0 bridgehead atoms. The molecule has 1 aromatic carbocycles. The van der Waals surface area contributed by atoms with Crippen LogP contribution in [0.2, 0.25) is 0 Å². The molecule has 0 spiro atoms. The van der Waals surface area contributed by atoms with Gasteiger partial charge in [-0.25, -0.2) is 13.4 Å². The maximum Gasteiger partial charge on any atom is 0.243 e. The first-order valence-electron chi connectivity index (χ1n) is 8.95. The topological polar surface area (TPSA) is 79.0 Å². The van der Waals surface area contributed by atoms with Crippen LogP contribution < -0.4 is 0 Å². The maximum atomic E-state index is 12.8. The van der Waals surface area contributed by atoms with Crippen LogP contribution >= 0.6 is 11.8 Å². The fourth-order valence-corrected chi connectivity index (χ4v) is 5.08. The molecule has 8 heteroatoms. The molecule has 6 nitrogen and oxygen atoms in total. The average molecular weight is 395 g/mol. The van der Waals surface area contributed by atoms with E-state index in [9.17, 15) is 8.42 Å². The van der Waals surface area contributed by atoms with Crippen molar-refractivity contribution in [1.82, 2.24) is 13.9 Å². The SMILES string of the molecule is CCCCn1c(S[C@@H](C)C#N)nc2cc(S(=O)(=O)N(CC)CC)ccc21. The Morgan fingerprint density at radius 1 is 1.31 bits per heavy atom. The second kappa shape index (κ2) is 8.89. The number of rotatable bonds is 9. The van der Waals surface area contributed by atoms with E-state index in [-0.39, 0.29) is 10.1 Å². The molecule has 0 fully saturated rings. The van der Waals surface area contributed by atoms with Gasteiger partial charge in [0.25, 0.3) is 0 Å². The molecule has 2 aromatic rings. The van der Waals surface area contributed by atoms with Gasteiger partial charge in [-0.05, 0) is 31.5 Å². The van der Waals surface area contributed by atoms with Crippen molar-refractivity contribution >= 4 is 32.8 Å². The molecule has 26 heavy (non-hydrogen) atoms. The van der Waals surface area contributed by atoms with Gasteiger partial charge in [0.05, 0.1) is 27.2 Å². The highest BCUT2D eigenvalue weighted by atomic mass is 32.2. The highest BCUT2D eigenvalue weighted by molar-refractivity contribution is 8.00. The Balaban J connectivity index is 2.54. The van der Waals surface area contributed by atoms with Crippen molar-refractivity contribution in [2.75, 3.05) is 13.1 Å². The number of nitrogens with zero attached hydrogens (tertiary/aromatic N) is 4. The molecule has 0 N–H and O–H groups in total. The van der Waals surface area contributed by atoms with Gasteiger partial charge in [0, 0.05) is 19.6 Å². The van der Waals surface area contributed by atoms with Crippen LogP contribution in [0.3, 0.4) is 0 Å². The van der Waals surface area contributed by atoms with Crippen molar-refractivity contribution in [3.63, 3.8) is 0 Å². The fourth-order valence-electron chi connectivity index (χ4n) is 2.77. The summed E-state index contributed by atoms with van der Waals surface area (Å²) in [4.78, 5) is 4.89. The zero-order valence-electron chi connectivity index (χ0n) is 15.8. The highest BCUT2D eigenvalue weighted by Gasteiger charge is 2.23. The van der Waals surface area contributed by atoms with E-state index in [1.54, 1.807) is 12.1 Å². The summed E-state index contributed by atoms with van der Waals surface area (Å²) >= 11 is 1.41. The minimum absolute atomic E-state index is 0.217. The lowest BCUT2D eigenvalue weighted by molar-refractivity contribution is 0.445. The Hall–Kier alpha value is -1.56. The van der Waals surface area contributed by atoms with E-state index in [1.807, 2.05) is 26.8 Å². The number of fused-ring (bicyclic) bond motifs is 1. The molecule has 0 saturated carbocycles. The summed E-state index contributed by atoms with van der Waals surface area (Å²) in [7, 11) is -3.52. The van der Waals surface area contributed by atoms with Crippen molar-refractivity contribution in [1.29, 1.82) is 5.26 Å². The fraction of sp³-hybridized carbons (Fsp3) is 0.556. The standard InChI is InChI=1S/C18H26N4O2S2/c1-5-8-11-22-17-10-9-15(26(23,24)21(6-2)7-3)12-16(17)20-18(22)25-14(4)13-19/h9-10,12,14H,5-8,11H2,1-4H3/t14-/m0/s1. The Labute approximate surface area is 160 Å². The molecule has 1 heterocycles. The van der Waals surface area contributed by atoms with Crippen LogP contribution in [-0.4, -0.2) is 40.6 Å². The smallest absolute Gasteiger partial charge is 0.243 e. The number of nitriles is 1. The number of imidazole rings is 1. The van der Waals surface area contributed by atoms with Crippen LogP contribution in [0.1, 0.15) is 40.5 Å². The van der Waals surface area contributed by atoms with E-state index in [0.29, 0.717) is 18.6 Å². The first-order valence-corrected chi connectivity index (χ1v) is 11.3. The average Bonchev–Trinajstić information content (AvgIpc) is 2.96. The van der Waals surface area contributed by atoms with Gasteiger partial charge in [0.1, 0.15) is 0 Å². The molecule has 0 aliphatic rings. The number of sulfonamides is 1. The van der Waals surface area contributed by atoms with E-state index >= 15 is 0 Å². The second-order valence-electron chi connectivity index (χ2n) is 6.03. The summed E-state index contributed by atoms with van der Waals surface area (Å²) in [5.74, 6) is 0. The number of unbranched alkanes of at least 4 members (excludes halogenated alkanes) is 1. The summed E-state index contributed by atoms with van der Waals surface area (Å²) in [6, 6.07) is 7.34. The molecule has 0 unspecified atom stereocenters.